The normalized spacial score (nSPS) is 12.1. The summed E-state index contributed by atoms with van der Waals surface area (Å²) in [5.74, 6) is -0.268. The first kappa shape index (κ1) is 17.8. The molecule has 1 amide bonds. The number of rotatable bonds is 6. The molecule has 0 bridgehead atoms. The van der Waals surface area contributed by atoms with Gasteiger partial charge >= 0.3 is 6.18 Å². The summed E-state index contributed by atoms with van der Waals surface area (Å²) < 4.78 is 37.4. The van der Waals surface area contributed by atoms with Gasteiger partial charge in [-0.25, -0.2) is 0 Å². The van der Waals surface area contributed by atoms with Crippen LogP contribution in [0.4, 0.5) is 13.2 Å². The second-order valence-electron chi connectivity index (χ2n) is 5.38. The molecule has 1 heterocycles. The third kappa shape index (κ3) is 5.54. The molecule has 23 heavy (non-hydrogen) atoms. The molecule has 2 aromatic rings. The lowest BCUT2D eigenvalue weighted by Gasteiger charge is -2.18. The average molecular weight is 392 g/mol. The number of carbonyl (C=O) groups excluding carboxylic acids is 1. The van der Waals surface area contributed by atoms with Crippen molar-refractivity contribution in [3.05, 3.63) is 34.4 Å². The van der Waals surface area contributed by atoms with Gasteiger partial charge in [-0.1, -0.05) is 15.9 Å². The number of benzene rings is 1. The number of aromatic amines is 1. The molecule has 4 nitrogen and oxygen atoms in total. The number of alkyl halides is 3. The number of amides is 1. The van der Waals surface area contributed by atoms with Crippen LogP contribution >= 0.6 is 15.9 Å². The van der Waals surface area contributed by atoms with Crippen molar-refractivity contribution in [2.24, 2.45) is 0 Å². The van der Waals surface area contributed by atoms with Crippen molar-refractivity contribution in [3.63, 3.8) is 0 Å². The molecule has 126 valence electrons. The molecule has 0 aliphatic rings. The lowest BCUT2D eigenvalue weighted by atomic mass is 10.2. The van der Waals surface area contributed by atoms with E-state index in [2.05, 4.69) is 26.2 Å². The summed E-state index contributed by atoms with van der Waals surface area (Å²) >= 11 is 3.37. The quantitative estimate of drug-likeness (QED) is 0.739. The predicted molar refractivity (Wildman–Crippen MR) is 86.5 cm³/mol. The monoisotopic (exact) mass is 391 g/mol. The molecule has 0 radical (unpaired) electrons. The zero-order valence-corrected chi connectivity index (χ0v) is 14.1. The van der Waals surface area contributed by atoms with Crippen molar-refractivity contribution >= 4 is 32.7 Å². The minimum atomic E-state index is -4.20. The van der Waals surface area contributed by atoms with Gasteiger partial charge in [0.25, 0.3) is 5.91 Å². The maximum absolute atomic E-state index is 12.2. The number of aromatic nitrogens is 1. The molecule has 0 aliphatic heterocycles. The van der Waals surface area contributed by atoms with Crippen LogP contribution in [0, 0.1) is 0 Å². The smallest absolute Gasteiger partial charge is 0.351 e. The Labute approximate surface area is 140 Å². The number of hydrogen-bond donors (Lipinski definition) is 2. The molecule has 0 aliphatic carbocycles. The number of carbonyl (C=O) groups is 1. The van der Waals surface area contributed by atoms with Crippen molar-refractivity contribution in [2.45, 2.75) is 12.6 Å². The van der Waals surface area contributed by atoms with Crippen LogP contribution in [-0.2, 0) is 0 Å². The van der Waals surface area contributed by atoms with Gasteiger partial charge in [-0.3, -0.25) is 9.69 Å². The van der Waals surface area contributed by atoms with Gasteiger partial charge in [0.1, 0.15) is 5.69 Å². The molecule has 0 fully saturated rings. The zero-order valence-electron chi connectivity index (χ0n) is 12.5. The van der Waals surface area contributed by atoms with Crippen molar-refractivity contribution in [3.8, 4) is 0 Å². The van der Waals surface area contributed by atoms with E-state index in [1.807, 2.05) is 18.2 Å². The van der Waals surface area contributed by atoms with Gasteiger partial charge in [0.15, 0.2) is 0 Å². The third-order valence-corrected chi connectivity index (χ3v) is 3.77. The summed E-state index contributed by atoms with van der Waals surface area (Å²) in [7, 11) is 1.41. The molecule has 0 atom stereocenters. The Morgan fingerprint density at radius 3 is 2.78 bits per heavy atom. The second kappa shape index (κ2) is 7.35. The highest BCUT2D eigenvalue weighted by molar-refractivity contribution is 9.10. The fraction of sp³-hybridized carbons (Fsp3) is 0.400. The number of halogens is 4. The van der Waals surface area contributed by atoms with E-state index in [1.54, 1.807) is 6.07 Å². The minimum Gasteiger partial charge on any atom is -0.351 e. The summed E-state index contributed by atoms with van der Waals surface area (Å²) in [6.07, 6.45) is -3.75. The van der Waals surface area contributed by atoms with Gasteiger partial charge in [-0.2, -0.15) is 13.2 Å². The number of nitrogens with one attached hydrogen (secondary N) is 2. The van der Waals surface area contributed by atoms with Gasteiger partial charge in [-0.15, -0.1) is 0 Å². The van der Waals surface area contributed by atoms with Crippen molar-refractivity contribution in [1.29, 1.82) is 0 Å². The topological polar surface area (TPSA) is 48.1 Å². The molecule has 0 spiro atoms. The van der Waals surface area contributed by atoms with Crippen LogP contribution in [-0.4, -0.2) is 48.6 Å². The molecule has 0 unspecified atom stereocenters. The molecule has 8 heteroatoms. The van der Waals surface area contributed by atoms with Gasteiger partial charge in [0.2, 0.25) is 0 Å². The first-order chi connectivity index (χ1) is 10.7. The lowest BCUT2D eigenvalue weighted by Crippen LogP contribution is -2.33. The SMILES string of the molecule is CN(CCCNC(=O)c1cc2cc(Br)ccc2[nH]1)CC(F)(F)F. The summed E-state index contributed by atoms with van der Waals surface area (Å²) in [5, 5.41) is 3.61. The third-order valence-electron chi connectivity index (χ3n) is 3.28. The Morgan fingerprint density at radius 1 is 1.35 bits per heavy atom. The van der Waals surface area contributed by atoms with Gasteiger partial charge in [0.05, 0.1) is 6.54 Å². The first-order valence-electron chi connectivity index (χ1n) is 7.06. The summed E-state index contributed by atoms with van der Waals surface area (Å²) in [6, 6.07) is 7.37. The van der Waals surface area contributed by atoms with Gasteiger partial charge in [0, 0.05) is 21.9 Å². The Kier molecular flexibility index (Phi) is 5.69. The number of fused-ring (bicyclic) bond motifs is 1. The molecule has 2 rings (SSSR count). The lowest BCUT2D eigenvalue weighted by molar-refractivity contribution is -0.143. The summed E-state index contributed by atoms with van der Waals surface area (Å²) in [5.41, 5.74) is 1.28. The summed E-state index contributed by atoms with van der Waals surface area (Å²) in [6.45, 7) is -0.364. The Balaban J connectivity index is 1.80. The fourth-order valence-electron chi connectivity index (χ4n) is 2.26. The zero-order chi connectivity index (χ0) is 17.0. The van der Waals surface area contributed by atoms with Crippen LogP contribution in [0.5, 0.6) is 0 Å². The number of nitrogens with zero attached hydrogens (tertiary/aromatic N) is 1. The first-order valence-corrected chi connectivity index (χ1v) is 7.86. The van der Waals surface area contributed by atoms with E-state index < -0.39 is 12.7 Å². The highest BCUT2D eigenvalue weighted by Gasteiger charge is 2.28. The van der Waals surface area contributed by atoms with Crippen LogP contribution < -0.4 is 5.32 Å². The molecular weight excluding hydrogens is 375 g/mol. The second-order valence-corrected chi connectivity index (χ2v) is 6.29. The van der Waals surface area contributed by atoms with Crippen molar-refractivity contribution < 1.29 is 18.0 Å². The number of H-pyrrole nitrogens is 1. The highest BCUT2D eigenvalue weighted by Crippen LogP contribution is 2.20. The van der Waals surface area contributed by atoms with E-state index in [4.69, 9.17) is 0 Å². The van der Waals surface area contributed by atoms with E-state index >= 15 is 0 Å². The van der Waals surface area contributed by atoms with Crippen LogP contribution in [0.3, 0.4) is 0 Å². The largest absolute Gasteiger partial charge is 0.401 e. The molecule has 1 aromatic heterocycles. The molecule has 0 saturated heterocycles. The molecule has 1 aromatic carbocycles. The average Bonchev–Trinajstić information content (AvgIpc) is 2.84. The highest BCUT2D eigenvalue weighted by atomic mass is 79.9. The summed E-state index contributed by atoms with van der Waals surface area (Å²) in [4.78, 5) is 16.2. The van der Waals surface area contributed by atoms with Crippen LogP contribution in [0.1, 0.15) is 16.9 Å². The van der Waals surface area contributed by atoms with Crippen molar-refractivity contribution in [1.82, 2.24) is 15.2 Å². The standard InChI is InChI=1S/C15H17BrF3N3O/c1-22(9-15(17,18)19)6-2-5-20-14(23)13-8-10-7-11(16)3-4-12(10)21-13/h3-4,7-8,21H,2,5-6,9H2,1H3,(H,20,23). The Morgan fingerprint density at radius 2 is 2.09 bits per heavy atom. The fourth-order valence-corrected chi connectivity index (χ4v) is 2.64. The van der Waals surface area contributed by atoms with E-state index in [9.17, 15) is 18.0 Å². The van der Waals surface area contributed by atoms with E-state index in [-0.39, 0.29) is 12.5 Å². The van der Waals surface area contributed by atoms with Gasteiger partial charge in [-0.05, 0) is 44.3 Å². The molecule has 0 saturated carbocycles. The van der Waals surface area contributed by atoms with E-state index in [0.717, 1.165) is 15.4 Å². The maximum atomic E-state index is 12.2. The molecule has 2 N–H and O–H groups in total. The van der Waals surface area contributed by atoms with Gasteiger partial charge < -0.3 is 10.3 Å². The minimum absolute atomic E-state index is 0.263. The van der Waals surface area contributed by atoms with E-state index in [1.165, 1.54) is 11.9 Å². The Hall–Kier alpha value is -1.54. The van der Waals surface area contributed by atoms with Crippen molar-refractivity contribution in [2.75, 3.05) is 26.7 Å². The van der Waals surface area contributed by atoms with Crippen LogP contribution in [0.15, 0.2) is 28.7 Å². The van der Waals surface area contributed by atoms with Crippen LogP contribution in [0.2, 0.25) is 0 Å². The van der Waals surface area contributed by atoms with E-state index in [0.29, 0.717) is 18.7 Å². The van der Waals surface area contributed by atoms with Crippen LogP contribution in [0.25, 0.3) is 10.9 Å². The molecular formula is C15H17BrF3N3O. The predicted octanol–water partition coefficient (Wildman–Crippen LogP) is 3.54. The number of hydrogen-bond acceptors (Lipinski definition) is 2. The Bertz CT molecular complexity index is 684. The maximum Gasteiger partial charge on any atom is 0.401 e.